The van der Waals surface area contributed by atoms with Gasteiger partial charge in [0, 0.05) is 11.4 Å². The number of alkyl halides is 3. The summed E-state index contributed by atoms with van der Waals surface area (Å²) in [6.07, 6.45) is -5.52. The van der Waals surface area contributed by atoms with Gasteiger partial charge in [-0.05, 0) is 14.0 Å². The first kappa shape index (κ1) is 14.9. The lowest BCUT2D eigenvalue weighted by Crippen LogP contribution is -2.44. The molecule has 0 amide bonds. The van der Waals surface area contributed by atoms with E-state index in [4.69, 9.17) is 5.11 Å². The molecule has 0 aliphatic heterocycles. The first-order valence-electron chi connectivity index (χ1n) is 5.09. The van der Waals surface area contributed by atoms with E-state index in [-0.39, 0.29) is 6.54 Å². The highest BCUT2D eigenvalue weighted by Gasteiger charge is 2.43. The molecule has 4 nitrogen and oxygen atoms in total. The largest absolute Gasteiger partial charge is 0.481 e. The van der Waals surface area contributed by atoms with Gasteiger partial charge in [-0.3, -0.25) is 9.69 Å². The number of rotatable bonds is 5. The highest BCUT2D eigenvalue weighted by atomic mass is 32.1. The molecule has 1 N–H and O–H groups in total. The molecule has 8 heteroatoms. The van der Waals surface area contributed by atoms with Crippen molar-refractivity contribution in [2.24, 2.45) is 0 Å². The number of carboxylic acid groups (broad SMARTS) is 1. The van der Waals surface area contributed by atoms with Gasteiger partial charge in [-0.1, -0.05) is 0 Å². The van der Waals surface area contributed by atoms with Crippen LogP contribution in [-0.4, -0.2) is 40.2 Å². The molecule has 0 aromatic carbocycles. The molecule has 1 unspecified atom stereocenters. The van der Waals surface area contributed by atoms with Crippen molar-refractivity contribution in [2.75, 3.05) is 7.05 Å². The molecule has 1 aromatic heterocycles. The van der Waals surface area contributed by atoms with E-state index in [0.717, 1.165) is 4.90 Å². The van der Waals surface area contributed by atoms with E-state index in [1.165, 1.54) is 18.4 Å². The Morgan fingerprint density at radius 1 is 1.61 bits per heavy atom. The van der Waals surface area contributed by atoms with Crippen LogP contribution in [0.4, 0.5) is 13.2 Å². The van der Waals surface area contributed by atoms with Crippen LogP contribution >= 0.6 is 11.3 Å². The molecular weight excluding hydrogens is 269 g/mol. The molecule has 0 aliphatic carbocycles. The zero-order chi connectivity index (χ0) is 13.9. The van der Waals surface area contributed by atoms with Gasteiger partial charge >= 0.3 is 12.1 Å². The summed E-state index contributed by atoms with van der Waals surface area (Å²) >= 11 is 1.26. The van der Waals surface area contributed by atoms with Crippen LogP contribution in [0.25, 0.3) is 0 Å². The lowest BCUT2D eigenvalue weighted by Gasteiger charge is -2.28. The van der Waals surface area contributed by atoms with Crippen LogP contribution in [0.15, 0.2) is 5.51 Å². The van der Waals surface area contributed by atoms with Gasteiger partial charge in [0.25, 0.3) is 0 Å². The predicted octanol–water partition coefficient (Wildman–Crippen LogP) is 2.29. The Bertz CT molecular complexity index is 420. The molecule has 18 heavy (non-hydrogen) atoms. The SMILES string of the molecule is Cc1ncsc1CN(C)C(CC(=O)O)C(F)(F)F. The van der Waals surface area contributed by atoms with Crippen molar-refractivity contribution >= 4 is 17.3 Å². The fourth-order valence-corrected chi connectivity index (χ4v) is 2.34. The minimum atomic E-state index is -4.56. The third kappa shape index (κ3) is 3.95. The summed E-state index contributed by atoms with van der Waals surface area (Å²) in [6, 6.07) is -1.99. The maximum absolute atomic E-state index is 12.7. The van der Waals surface area contributed by atoms with Crippen LogP contribution in [0, 0.1) is 6.92 Å². The van der Waals surface area contributed by atoms with Crippen molar-refractivity contribution in [1.82, 2.24) is 9.88 Å². The fourth-order valence-electron chi connectivity index (χ4n) is 1.50. The number of hydrogen-bond acceptors (Lipinski definition) is 4. The van der Waals surface area contributed by atoms with E-state index in [1.54, 1.807) is 12.4 Å². The standard InChI is InChI=1S/C10H13F3N2O2S/c1-6-7(18-5-14-6)4-15(2)8(3-9(16)17)10(11,12)13/h5,8H,3-4H2,1-2H3,(H,16,17). The molecule has 1 atom stereocenters. The minimum absolute atomic E-state index is 0.0357. The molecule has 1 aromatic rings. The maximum atomic E-state index is 12.7. The number of halogens is 3. The average molecular weight is 282 g/mol. The smallest absolute Gasteiger partial charge is 0.404 e. The van der Waals surface area contributed by atoms with Crippen molar-refractivity contribution in [3.05, 3.63) is 16.1 Å². The van der Waals surface area contributed by atoms with Gasteiger partial charge < -0.3 is 5.11 Å². The fraction of sp³-hybridized carbons (Fsp3) is 0.600. The van der Waals surface area contributed by atoms with Gasteiger partial charge in [0.1, 0.15) is 6.04 Å². The first-order chi connectivity index (χ1) is 8.21. The number of hydrogen-bond donors (Lipinski definition) is 1. The maximum Gasteiger partial charge on any atom is 0.404 e. The predicted molar refractivity (Wildman–Crippen MR) is 60.4 cm³/mol. The van der Waals surface area contributed by atoms with E-state index in [1.807, 2.05) is 0 Å². The molecule has 0 bridgehead atoms. The lowest BCUT2D eigenvalue weighted by molar-refractivity contribution is -0.188. The van der Waals surface area contributed by atoms with Gasteiger partial charge in [-0.2, -0.15) is 13.2 Å². The second-order valence-corrected chi connectivity index (χ2v) is 4.87. The molecule has 0 spiro atoms. The van der Waals surface area contributed by atoms with Crippen molar-refractivity contribution in [1.29, 1.82) is 0 Å². The molecule has 1 rings (SSSR count). The molecule has 0 saturated heterocycles. The molecule has 102 valence electrons. The van der Waals surface area contributed by atoms with E-state index >= 15 is 0 Å². The Hall–Kier alpha value is -1.15. The van der Waals surface area contributed by atoms with E-state index in [9.17, 15) is 18.0 Å². The molecule has 0 fully saturated rings. The topological polar surface area (TPSA) is 53.4 Å². The van der Waals surface area contributed by atoms with Crippen molar-refractivity contribution in [2.45, 2.75) is 32.1 Å². The summed E-state index contributed by atoms with van der Waals surface area (Å²) in [6.45, 7) is 1.74. The molecule has 0 aliphatic rings. The van der Waals surface area contributed by atoms with Crippen LogP contribution in [0.5, 0.6) is 0 Å². The Balaban J connectivity index is 2.80. The number of carboxylic acids is 1. The molecule has 1 heterocycles. The van der Waals surface area contributed by atoms with Crippen LogP contribution in [-0.2, 0) is 11.3 Å². The monoisotopic (exact) mass is 282 g/mol. The average Bonchev–Trinajstić information content (AvgIpc) is 2.59. The second kappa shape index (κ2) is 5.66. The van der Waals surface area contributed by atoms with Crippen molar-refractivity contribution in [3.63, 3.8) is 0 Å². The van der Waals surface area contributed by atoms with E-state index < -0.39 is 24.6 Å². The zero-order valence-electron chi connectivity index (χ0n) is 9.86. The zero-order valence-corrected chi connectivity index (χ0v) is 10.7. The molecule has 0 radical (unpaired) electrons. The number of nitrogens with zero attached hydrogens (tertiary/aromatic N) is 2. The van der Waals surface area contributed by atoms with Crippen molar-refractivity contribution in [3.8, 4) is 0 Å². The number of aryl methyl sites for hydroxylation is 1. The van der Waals surface area contributed by atoms with Gasteiger partial charge in [-0.15, -0.1) is 11.3 Å². The Morgan fingerprint density at radius 3 is 2.61 bits per heavy atom. The number of carbonyl (C=O) groups is 1. The highest BCUT2D eigenvalue weighted by molar-refractivity contribution is 7.09. The summed E-state index contributed by atoms with van der Waals surface area (Å²) < 4.78 is 38.2. The summed E-state index contributed by atoms with van der Waals surface area (Å²) in [5.74, 6) is -1.47. The number of thiazole rings is 1. The van der Waals surface area contributed by atoms with Crippen molar-refractivity contribution < 1.29 is 23.1 Å². The van der Waals surface area contributed by atoms with Crippen LogP contribution < -0.4 is 0 Å². The van der Waals surface area contributed by atoms with Gasteiger partial charge in [0.2, 0.25) is 0 Å². The summed E-state index contributed by atoms with van der Waals surface area (Å²) in [5.41, 5.74) is 2.22. The number of aromatic nitrogens is 1. The van der Waals surface area contributed by atoms with Gasteiger partial charge in [-0.25, -0.2) is 4.98 Å². The third-order valence-corrected chi connectivity index (χ3v) is 3.44. The second-order valence-electron chi connectivity index (χ2n) is 3.93. The molecule has 0 saturated carbocycles. The normalized spacial score (nSPS) is 13.9. The van der Waals surface area contributed by atoms with Crippen LogP contribution in [0.1, 0.15) is 17.0 Å². The summed E-state index contributed by atoms with van der Waals surface area (Å²) in [7, 11) is 1.26. The van der Waals surface area contributed by atoms with Gasteiger partial charge in [0.15, 0.2) is 0 Å². The minimum Gasteiger partial charge on any atom is -0.481 e. The Kier molecular flexibility index (Phi) is 4.69. The third-order valence-electron chi connectivity index (χ3n) is 2.52. The van der Waals surface area contributed by atoms with E-state index in [0.29, 0.717) is 10.6 Å². The lowest BCUT2D eigenvalue weighted by atomic mass is 10.1. The quantitative estimate of drug-likeness (QED) is 0.900. The van der Waals surface area contributed by atoms with Crippen LogP contribution in [0.2, 0.25) is 0 Å². The summed E-state index contributed by atoms with van der Waals surface area (Å²) in [4.78, 5) is 16.1. The highest BCUT2D eigenvalue weighted by Crippen LogP contribution is 2.28. The van der Waals surface area contributed by atoms with Crippen LogP contribution in [0.3, 0.4) is 0 Å². The first-order valence-corrected chi connectivity index (χ1v) is 5.97. The molecular formula is C10H13F3N2O2S. The Labute approximate surface area is 106 Å². The van der Waals surface area contributed by atoms with Gasteiger partial charge in [0.05, 0.1) is 17.6 Å². The number of aliphatic carboxylic acids is 1. The Morgan fingerprint density at radius 2 is 2.22 bits per heavy atom. The van der Waals surface area contributed by atoms with E-state index in [2.05, 4.69) is 4.98 Å². The summed E-state index contributed by atoms with van der Waals surface area (Å²) in [5, 5.41) is 8.54.